The largest absolute Gasteiger partial charge is 0.490 e. The number of benzene rings is 2. The van der Waals surface area contributed by atoms with Crippen LogP contribution in [0.4, 0.5) is 15.8 Å². The molecule has 1 N–H and O–H groups in total. The molecular weight excluding hydrogens is 413 g/mol. The number of likely N-dealkylation sites (N-methyl/N-ethyl adjacent to an activating group) is 1. The molecule has 1 aliphatic rings. The number of nitrogens with one attached hydrogen (secondary N) is 1. The Bertz CT molecular complexity index is 1250. The third-order valence-electron chi connectivity index (χ3n) is 5.07. The van der Waals surface area contributed by atoms with Gasteiger partial charge in [-0.05, 0) is 48.9 Å². The van der Waals surface area contributed by atoms with Gasteiger partial charge in [-0.2, -0.15) is 0 Å². The second-order valence-electron chi connectivity index (χ2n) is 7.23. The summed E-state index contributed by atoms with van der Waals surface area (Å²) in [6.45, 7) is 8.81. The van der Waals surface area contributed by atoms with E-state index in [4.69, 9.17) is 11.3 Å². The average Bonchev–Trinajstić information content (AvgIpc) is 2.91. The minimum atomic E-state index is -0.976. The van der Waals surface area contributed by atoms with Crippen LogP contribution in [0.2, 0.25) is 0 Å². The Morgan fingerprint density at radius 1 is 1.28 bits per heavy atom. The van der Waals surface area contributed by atoms with E-state index >= 15 is 0 Å². The molecule has 0 unspecified atom stereocenters. The first kappa shape index (κ1) is 20.9. The first-order chi connectivity index (χ1) is 15.4. The Morgan fingerprint density at radius 2 is 2.03 bits per heavy atom. The summed E-state index contributed by atoms with van der Waals surface area (Å²) in [6.07, 6.45) is 1.50. The molecule has 0 aliphatic carbocycles. The third kappa shape index (κ3) is 3.98. The molecule has 2 amide bonds. The van der Waals surface area contributed by atoms with Crippen molar-refractivity contribution in [2.24, 2.45) is 0 Å². The molecule has 0 bridgehead atoms. The van der Waals surface area contributed by atoms with E-state index in [0.717, 1.165) is 0 Å². The summed E-state index contributed by atoms with van der Waals surface area (Å²) in [7, 11) is 1.57. The number of fused-ring (bicyclic) bond motifs is 1. The molecular formula is C23H18FN5O3. The van der Waals surface area contributed by atoms with E-state index in [1.807, 2.05) is 0 Å². The van der Waals surface area contributed by atoms with Crippen LogP contribution in [-0.2, 0) is 4.79 Å². The average molecular weight is 431 g/mol. The van der Waals surface area contributed by atoms with Crippen LogP contribution in [-0.4, -0.2) is 41.5 Å². The number of aromatic nitrogens is 2. The molecule has 3 aromatic rings. The van der Waals surface area contributed by atoms with Crippen molar-refractivity contribution < 1.29 is 18.7 Å². The van der Waals surface area contributed by atoms with Crippen molar-refractivity contribution >= 4 is 23.2 Å². The van der Waals surface area contributed by atoms with E-state index in [0.29, 0.717) is 33.9 Å². The third-order valence-corrected chi connectivity index (χ3v) is 5.07. The summed E-state index contributed by atoms with van der Waals surface area (Å²) >= 11 is 0. The zero-order valence-corrected chi connectivity index (χ0v) is 17.3. The summed E-state index contributed by atoms with van der Waals surface area (Å²) in [4.78, 5) is 38.9. The SMILES string of the molecule is [C-]#[N+]c1ccc2c(c1)OC[C@H](NC(=O)c1ncc(C)c(-c3ccc(F)cc3)n1)C(=O)N2C. The van der Waals surface area contributed by atoms with Gasteiger partial charge < -0.3 is 15.0 Å². The smallest absolute Gasteiger partial charge is 0.289 e. The Morgan fingerprint density at radius 3 is 2.75 bits per heavy atom. The van der Waals surface area contributed by atoms with Crippen molar-refractivity contribution in [1.29, 1.82) is 0 Å². The quantitative estimate of drug-likeness (QED) is 0.643. The molecule has 1 aromatic heterocycles. The number of ether oxygens (including phenoxy) is 1. The van der Waals surface area contributed by atoms with Gasteiger partial charge in [0.2, 0.25) is 5.82 Å². The van der Waals surface area contributed by atoms with Gasteiger partial charge in [0.1, 0.15) is 24.2 Å². The zero-order chi connectivity index (χ0) is 22.8. The van der Waals surface area contributed by atoms with E-state index in [9.17, 15) is 14.0 Å². The van der Waals surface area contributed by atoms with Gasteiger partial charge in [0.15, 0.2) is 5.69 Å². The van der Waals surface area contributed by atoms with Crippen molar-refractivity contribution in [2.45, 2.75) is 13.0 Å². The van der Waals surface area contributed by atoms with E-state index in [2.05, 4.69) is 20.1 Å². The lowest BCUT2D eigenvalue weighted by Crippen LogP contribution is -2.49. The maximum Gasteiger partial charge on any atom is 0.289 e. The predicted octanol–water partition coefficient (Wildman–Crippen LogP) is 3.30. The number of halogens is 1. The highest BCUT2D eigenvalue weighted by Gasteiger charge is 2.31. The number of amides is 2. The minimum absolute atomic E-state index is 0.111. The van der Waals surface area contributed by atoms with Gasteiger partial charge in [0.25, 0.3) is 11.8 Å². The second kappa shape index (κ2) is 8.43. The summed E-state index contributed by atoms with van der Waals surface area (Å²) in [6, 6.07) is 9.55. The highest BCUT2D eigenvalue weighted by atomic mass is 19.1. The lowest BCUT2D eigenvalue weighted by Gasteiger charge is -2.20. The second-order valence-corrected chi connectivity index (χ2v) is 7.23. The van der Waals surface area contributed by atoms with E-state index < -0.39 is 11.9 Å². The minimum Gasteiger partial charge on any atom is -0.490 e. The molecule has 4 rings (SSSR count). The molecule has 0 saturated carbocycles. The molecule has 0 radical (unpaired) electrons. The highest BCUT2D eigenvalue weighted by Crippen LogP contribution is 2.34. The van der Waals surface area contributed by atoms with Gasteiger partial charge in [0.05, 0.1) is 18.0 Å². The Hall–Kier alpha value is -4.32. The van der Waals surface area contributed by atoms with Crippen LogP contribution >= 0.6 is 0 Å². The van der Waals surface area contributed by atoms with Gasteiger partial charge in [0, 0.05) is 18.8 Å². The van der Waals surface area contributed by atoms with Crippen LogP contribution < -0.4 is 15.0 Å². The molecule has 32 heavy (non-hydrogen) atoms. The van der Waals surface area contributed by atoms with Crippen molar-refractivity contribution in [3.63, 3.8) is 0 Å². The van der Waals surface area contributed by atoms with Gasteiger partial charge in [-0.1, -0.05) is 6.07 Å². The molecule has 2 aromatic carbocycles. The molecule has 2 heterocycles. The summed E-state index contributed by atoms with van der Waals surface area (Å²) < 4.78 is 19.0. The van der Waals surface area contributed by atoms with Crippen LogP contribution in [0.3, 0.4) is 0 Å². The van der Waals surface area contributed by atoms with Gasteiger partial charge in [-0.25, -0.2) is 19.2 Å². The predicted molar refractivity (Wildman–Crippen MR) is 115 cm³/mol. The molecule has 8 nitrogen and oxygen atoms in total. The Labute approximate surface area is 183 Å². The number of nitrogens with zero attached hydrogens (tertiary/aromatic N) is 4. The first-order valence-electron chi connectivity index (χ1n) is 9.69. The Kier molecular flexibility index (Phi) is 5.52. The highest BCUT2D eigenvalue weighted by molar-refractivity contribution is 6.02. The van der Waals surface area contributed by atoms with Gasteiger partial charge >= 0.3 is 0 Å². The number of aryl methyl sites for hydroxylation is 1. The van der Waals surface area contributed by atoms with Crippen LogP contribution in [0, 0.1) is 19.3 Å². The molecule has 0 spiro atoms. The maximum atomic E-state index is 13.3. The van der Waals surface area contributed by atoms with Crippen molar-refractivity contribution in [2.75, 3.05) is 18.6 Å². The number of carbonyl (C=O) groups is 2. The molecule has 0 saturated heterocycles. The monoisotopic (exact) mass is 431 g/mol. The molecule has 0 fully saturated rings. The number of hydrogen-bond acceptors (Lipinski definition) is 5. The molecule has 1 aliphatic heterocycles. The summed E-state index contributed by atoms with van der Waals surface area (Å²) in [5, 5.41) is 2.63. The van der Waals surface area contributed by atoms with E-state index in [1.165, 1.54) is 23.2 Å². The van der Waals surface area contributed by atoms with E-state index in [1.54, 1.807) is 44.3 Å². The van der Waals surface area contributed by atoms with Crippen LogP contribution in [0.15, 0.2) is 48.7 Å². The van der Waals surface area contributed by atoms with Gasteiger partial charge in [-0.15, -0.1) is 0 Å². The number of anilines is 1. The molecule has 1 atom stereocenters. The molecule has 9 heteroatoms. The molecule has 160 valence electrons. The summed E-state index contributed by atoms with van der Waals surface area (Å²) in [5.74, 6) is -1.13. The fourth-order valence-corrected chi connectivity index (χ4v) is 3.34. The van der Waals surface area contributed by atoms with Crippen LogP contribution in [0.25, 0.3) is 16.1 Å². The lowest BCUT2D eigenvalue weighted by atomic mass is 10.1. The fourth-order valence-electron chi connectivity index (χ4n) is 3.34. The first-order valence-corrected chi connectivity index (χ1v) is 9.69. The maximum absolute atomic E-state index is 13.3. The van der Waals surface area contributed by atoms with E-state index in [-0.39, 0.29) is 24.2 Å². The van der Waals surface area contributed by atoms with Crippen molar-refractivity contribution in [1.82, 2.24) is 15.3 Å². The fraction of sp³-hybridized carbons (Fsp3) is 0.174. The van der Waals surface area contributed by atoms with Crippen molar-refractivity contribution in [3.8, 4) is 17.0 Å². The zero-order valence-electron chi connectivity index (χ0n) is 17.3. The Balaban J connectivity index is 1.56. The number of rotatable bonds is 3. The number of hydrogen-bond donors (Lipinski definition) is 1. The topological polar surface area (TPSA) is 88.8 Å². The summed E-state index contributed by atoms with van der Waals surface area (Å²) in [5.41, 5.74) is 2.73. The number of carbonyl (C=O) groups excluding carboxylic acids is 2. The van der Waals surface area contributed by atoms with Crippen molar-refractivity contribution in [3.05, 3.63) is 77.3 Å². The van der Waals surface area contributed by atoms with Crippen LogP contribution in [0.1, 0.15) is 16.2 Å². The van der Waals surface area contributed by atoms with Crippen LogP contribution in [0.5, 0.6) is 5.75 Å². The lowest BCUT2D eigenvalue weighted by molar-refractivity contribution is -0.120. The standard InChI is InChI=1S/C23H18FN5O3/c1-13-11-26-21(28-20(13)14-4-6-15(24)7-5-14)22(30)27-17-12-32-19-10-16(25-2)8-9-18(19)29(3)23(17)31/h4-11,17H,12H2,1,3H3,(H,27,30)/t17-/m0/s1. The normalized spacial score (nSPS) is 15.2. The van der Waals surface area contributed by atoms with Gasteiger partial charge in [-0.3, -0.25) is 9.59 Å².